The van der Waals surface area contributed by atoms with Crippen LogP contribution in [-0.2, 0) is 0 Å². The minimum atomic E-state index is -1.21. The van der Waals surface area contributed by atoms with Crippen LogP contribution in [0.4, 0.5) is 0 Å². The summed E-state index contributed by atoms with van der Waals surface area (Å²) >= 11 is 0. The molecule has 0 aliphatic heterocycles. The molecule has 0 saturated carbocycles. The molecule has 0 amide bonds. The van der Waals surface area contributed by atoms with Crippen molar-refractivity contribution in [2.75, 3.05) is 0 Å². The molecule has 2 heterocycles. The van der Waals surface area contributed by atoms with E-state index in [4.69, 9.17) is 9.84 Å². The van der Waals surface area contributed by atoms with E-state index in [0.29, 0.717) is 11.4 Å². The van der Waals surface area contributed by atoms with Crippen molar-refractivity contribution in [2.24, 2.45) is 0 Å². The summed E-state index contributed by atoms with van der Waals surface area (Å²) in [5, 5.41) is 25.5. The van der Waals surface area contributed by atoms with Crippen LogP contribution in [0.1, 0.15) is 21.6 Å². The van der Waals surface area contributed by atoms with Gasteiger partial charge in [-0.05, 0) is 36.4 Å². The average Bonchev–Trinajstić information content (AvgIpc) is 3.40. The highest BCUT2D eigenvalue weighted by Crippen LogP contribution is 2.29. The summed E-state index contributed by atoms with van der Waals surface area (Å²) in [6.07, 6.45) is 1.71. The fourth-order valence-corrected chi connectivity index (χ4v) is 2.52. The van der Waals surface area contributed by atoms with Crippen LogP contribution in [-0.4, -0.2) is 36.7 Å². The van der Waals surface area contributed by atoms with Crippen LogP contribution >= 0.6 is 0 Å². The van der Waals surface area contributed by atoms with Gasteiger partial charge in [-0.15, -0.1) is 0 Å². The Bertz CT molecular complexity index is 1170. The minimum absolute atomic E-state index is 0.122. The van der Waals surface area contributed by atoms with Crippen LogP contribution in [0.2, 0.25) is 0 Å². The first-order valence-corrected chi connectivity index (χ1v) is 8.24. The van der Waals surface area contributed by atoms with Crippen molar-refractivity contribution >= 4 is 5.97 Å². The number of aromatic nitrogens is 5. The topological polar surface area (TPSA) is 117 Å². The number of aromatic amines is 2. The number of hydrogen-bond donors (Lipinski definition) is 3. The van der Waals surface area contributed by atoms with E-state index in [0.717, 1.165) is 16.7 Å². The van der Waals surface area contributed by atoms with Gasteiger partial charge in [-0.3, -0.25) is 5.10 Å². The van der Waals surface area contributed by atoms with Gasteiger partial charge in [0.25, 0.3) is 5.88 Å². The van der Waals surface area contributed by atoms with Gasteiger partial charge >= 0.3 is 5.97 Å². The Balaban J connectivity index is 1.72. The lowest BCUT2D eigenvalue weighted by Crippen LogP contribution is -2.00. The highest BCUT2D eigenvalue weighted by Gasteiger charge is 2.17. The van der Waals surface area contributed by atoms with Crippen LogP contribution in [0.15, 0.2) is 60.8 Å². The fraction of sp³-hybridized carbons (Fsp3) is 0. The van der Waals surface area contributed by atoms with Crippen molar-refractivity contribution in [1.82, 2.24) is 25.6 Å². The first-order chi connectivity index (χ1) is 13.7. The highest BCUT2D eigenvalue weighted by atomic mass is 16.5. The minimum Gasteiger partial charge on any atom is -0.476 e. The van der Waals surface area contributed by atoms with Gasteiger partial charge < -0.3 is 9.84 Å². The predicted octanol–water partition coefficient (Wildman–Crippen LogP) is 3.09. The number of nitrogens with zero attached hydrogens (tertiary/aromatic N) is 3. The molecule has 0 unspecified atom stereocenters. The molecule has 4 aromatic rings. The molecule has 0 atom stereocenters. The maximum atomic E-state index is 11.2. The maximum absolute atomic E-state index is 11.2. The van der Waals surface area contributed by atoms with E-state index in [2.05, 4.69) is 37.4 Å². The molecule has 0 radical (unpaired) electrons. The smallest absolute Gasteiger partial charge is 0.359 e. The number of carbonyl (C=O) groups is 1. The van der Waals surface area contributed by atoms with E-state index in [9.17, 15) is 4.79 Å². The van der Waals surface area contributed by atoms with Crippen LogP contribution in [0.25, 0.3) is 11.3 Å². The fourth-order valence-electron chi connectivity index (χ4n) is 2.52. The van der Waals surface area contributed by atoms with Gasteiger partial charge in [0.1, 0.15) is 5.75 Å². The largest absolute Gasteiger partial charge is 0.476 e. The van der Waals surface area contributed by atoms with Crippen molar-refractivity contribution < 1.29 is 14.6 Å². The van der Waals surface area contributed by atoms with Gasteiger partial charge in [0.05, 0.1) is 5.69 Å². The summed E-state index contributed by atoms with van der Waals surface area (Å²) in [6, 6.07) is 16.6. The zero-order valence-electron chi connectivity index (χ0n) is 14.4. The molecule has 4 rings (SSSR count). The van der Waals surface area contributed by atoms with Crippen molar-refractivity contribution in [3.05, 3.63) is 77.6 Å². The van der Waals surface area contributed by atoms with Crippen molar-refractivity contribution in [2.45, 2.75) is 0 Å². The summed E-state index contributed by atoms with van der Waals surface area (Å²) in [4.78, 5) is 11.2. The van der Waals surface area contributed by atoms with E-state index in [-0.39, 0.29) is 11.6 Å². The van der Waals surface area contributed by atoms with E-state index in [1.165, 1.54) is 0 Å². The number of carboxylic acid groups (broad SMARTS) is 1. The average molecular weight is 371 g/mol. The SMILES string of the molecule is O=C(O)c1[nH]nnc1Oc1ccc(C#Cc2ccccc2)c(-c2cc[nH]n2)c1. The van der Waals surface area contributed by atoms with Crippen LogP contribution in [0.5, 0.6) is 11.6 Å². The lowest BCUT2D eigenvalue weighted by molar-refractivity contribution is 0.0687. The number of carboxylic acids is 1. The van der Waals surface area contributed by atoms with Gasteiger partial charge in [0.2, 0.25) is 5.69 Å². The number of benzene rings is 2. The zero-order valence-corrected chi connectivity index (χ0v) is 14.4. The number of ether oxygens (including phenoxy) is 1. The Labute approximate surface area is 159 Å². The Kier molecular flexibility index (Phi) is 4.55. The predicted molar refractivity (Wildman–Crippen MR) is 99.9 cm³/mol. The highest BCUT2D eigenvalue weighted by molar-refractivity contribution is 5.87. The second kappa shape index (κ2) is 7.47. The normalized spacial score (nSPS) is 10.1. The first-order valence-electron chi connectivity index (χ1n) is 8.24. The van der Waals surface area contributed by atoms with Crippen LogP contribution in [0, 0.1) is 11.8 Å². The third-order valence-electron chi connectivity index (χ3n) is 3.83. The van der Waals surface area contributed by atoms with Gasteiger partial charge in [-0.2, -0.15) is 5.10 Å². The molecule has 0 bridgehead atoms. The summed E-state index contributed by atoms with van der Waals surface area (Å²) < 4.78 is 5.60. The number of nitrogens with one attached hydrogen (secondary N) is 2. The second-order valence-electron chi connectivity index (χ2n) is 5.68. The van der Waals surface area contributed by atoms with Crippen molar-refractivity contribution in [3.8, 4) is 34.7 Å². The maximum Gasteiger partial charge on any atom is 0.359 e. The number of hydrogen-bond acceptors (Lipinski definition) is 5. The molecule has 0 aliphatic carbocycles. The van der Waals surface area contributed by atoms with E-state index < -0.39 is 5.97 Å². The van der Waals surface area contributed by atoms with E-state index in [1.54, 1.807) is 24.4 Å². The Hall–Kier alpha value is -4.38. The molecular formula is C20H13N5O3. The van der Waals surface area contributed by atoms with Crippen LogP contribution in [0.3, 0.4) is 0 Å². The Morgan fingerprint density at radius 3 is 2.68 bits per heavy atom. The molecule has 8 nitrogen and oxygen atoms in total. The number of H-pyrrole nitrogens is 2. The lowest BCUT2D eigenvalue weighted by Gasteiger charge is -2.07. The molecule has 28 heavy (non-hydrogen) atoms. The van der Waals surface area contributed by atoms with Crippen molar-refractivity contribution in [1.29, 1.82) is 0 Å². The first kappa shape index (κ1) is 17.1. The molecule has 0 saturated heterocycles. The zero-order chi connectivity index (χ0) is 19.3. The third-order valence-corrected chi connectivity index (χ3v) is 3.83. The summed E-state index contributed by atoms with van der Waals surface area (Å²) in [5.74, 6) is 5.32. The molecule has 0 spiro atoms. The van der Waals surface area contributed by atoms with Gasteiger partial charge in [0, 0.05) is 22.9 Å². The Morgan fingerprint density at radius 2 is 1.93 bits per heavy atom. The second-order valence-corrected chi connectivity index (χ2v) is 5.68. The van der Waals surface area contributed by atoms with Gasteiger partial charge in [-0.25, -0.2) is 9.89 Å². The van der Waals surface area contributed by atoms with E-state index >= 15 is 0 Å². The van der Waals surface area contributed by atoms with Gasteiger partial charge in [0.15, 0.2) is 0 Å². The lowest BCUT2D eigenvalue weighted by atomic mass is 10.0. The quantitative estimate of drug-likeness (QED) is 0.475. The number of aromatic carboxylic acids is 1. The molecule has 2 aromatic carbocycles. The molecule has 0 fully saturated rings. The summed E-state index contributed by atoms with van der Waals surface area (Å²) in [5.41, 5.74) is 2.84. The summed E-state index contributed by atoms with van der Waals surface area (Å²) in [6.45, 7) is 0. The molecule has 8 heteroatoms. The van der Waals surface area contributed by atoms with Crippen LogP contribution < -0.4 is 4.74 Å². The molecule has 0 aliphatic rings. The Morgan fingerprint density at radius 1 is 1.07 bits per heavy atom. The molecule has 136 valence electrons. The molecule has 2 aromatic heterocycles. The molecular weight excluding hydrogens is 358 g/mol. The standard InChI is InChI=1S/C20H13N5O3/c26-20(27)18-19(24-25-23-18)28-15-9-8-14(7-6-13-4-2-1-3-5-13)16(12-15)17-10-11-21-22-17/h1-5,8-12H,(H,21,22)(H,26,27)(H,23,24,25). The van der Waals surface area contributed by atoms with E-state index in [1.807, 2.05) is 36.4 Å². The molecule has 3 N–H and O–H groups in total. The monoisotopic (exact) mass is 371 g/mol. The third kappa shape index (κ3) is 3.59. The van der Waals surface area contributed by atoms with Crippen molar-refractivity contribution in [3.63, 3.8) is 0 Å². The number of rotatable bonds is 4. The van der Waals surface area contributed by atoms with Gasteiger partial charge in [-0.1, -0.05) is 40.4 Å². The summed E-state index contributed by atoms with van der Waals surface area (Å²) in [7, 11) is 0.